The monoisotopic (exact) mass is 287 g/mol. The van der Waals surface area contributed by atoms with E-state index in [-0.39, 0.29) is 0 Å². The van der Waals surface area contributed by atoms with Crippen LogP contribution in [-0.4, -0.2) is 19.7 Å². The lowest BCUT2D eigenvalue weighted by Gasteiger charge is -2.08. The van der Waals surface area contributed by atoms with E-state index >= 15 is 0 Å². The number of nitrogens with one attached hydrogen (secondary N) is 1. The largest absolute Gasteiger partial charge is 0.379 e. The Labute approximate surface area is 117 Å². The summed E-state index contributed by atoms with van der Waals surface area (Å²) in [5.74, 6) is 0. The van der Waals surface area contributed by atoms with Crippen molar-refractivity contribution in [2.24, 2.45) is 0 Å². The third kappa shape index (κ3) is 3.33. The first-order chi connectivity index (χ1) is 9.50. The van der Waals surface area contributed by atoms with Crippen LogP contribution in [0, 0.1) is 11.3 Å². The zero-order chi connectivity index (χ0) is 14.6. The van der Waals surface area contributed by atoms with E-state index in [1.54, 1.807) is 42.7 Å². The number of nitrogens with zero attached hydrogens (tertiary/aromatic N) is 2. The lowest BCUT2D eigenvalue weighted by molar-refractivity contribution is 0.602. The fourth-order valence-corrected chi connectivity index (χ4v) is 2.32. The van der Waals surface area contributed by atoms with Crippen LogP contribution in [0.1, 0.15) is 11.1 Å². The Bertz CT molecular complexity index is 747. The molecule has 0 atom stereocenters. The van der Waals surface area contributed by atoms with Gasteiger partial charge in [0, 0.05) is 19.0 Å². The average molecular weight is 287 g/mol. The zero-order valence-corrected chi connectivity index (χ0v) is 11.7. The second-order valence-electron chi connectivity index (χ2n) is 4.30. The summed E-state index contributed by atoms with van der Waals surface area (Å²) in [7, 11) is -3.17. The Hall–Kier alpha value is -2.39. The molecule has 0 saturated heterocycles. The summed E-state index contributed by atoms with van der Waals surface area (Å²) in [6.45, 7) is 0.490. The van der Waals surface area contributed by atoms with Crippen LogP contribution in [0.3, 0.4) is 0 Å². The van der Waals surface area contributed by atoms with Gasteiger partial charge in [0.1, 0.15) is 6.07 Å². The van der Waals surface area contributed by atoms with E-state index in [1.807, 2.05) is 0 Å². The lowest BCUT2D eigenvalue weighted by Crippen LogP contribution is -2.02. The van der Waals surface area contributed by atoms with Crippen LogP contribution >= 0.6 is 0 Å². The molecule has 5 nitrogen and oxygen atoms in total. The van der Waals surface area contributed by atoms with E-state index in [0.717, 1.165) is 5.56 Å². The Morgan fingerprint density at radius 1 is 1.25 bits per heavy atom. The SMILES string of the molecule is CS(=O)(=O)c1ccc(CNc2cnccc2C#N)cc1. The molecule has 0 unspecified atom stereocenters. The van der Waals surface area contributed by atoms with Gasteiger partial charge >= 0.3 is 0 Å². The number of anilines is 1. The van der Waals surface area contributed by atoms with Crippen molar-refractivity contribution in [1.82, 2.24) is 4.98 Å². The molecule has 0 saturated carbocycles. The van der Waals surface area contributed by atoms with Crippen molar-refractivity contribution in [3.63, 3.8) is 0 Å². The summed E-state index contributed by atoms with van der Waals surface area (Å²) < 4.78 is 22.7. The van der Waals surface area contributed by atoms with E-state index in [1.165, 1.54) is 6.26 Å². The van der Waals surface area contributed by atoms with Crippen molar-refractivity contribution in [3.05, 3.63) is 53.9 Å². The van der Waals surface area contributed by atoms with Gasteiger partial charge in [-0.15, -0.1) is 0 Å². The summed E-state index contributed by atoms with van der Waals surface area (Å²) in [5, 5.41) is 12.1. The highest BCUT2D eigenvalue weighted by Crippen LogP contribution is 2.15. The molecule has 20 heavy (non-hydrogen) atoms. The predicted octanol–water partition coefficient (Wildman–Crippen LogP) is 1.97. The lowest BCUT2D eigenvalue weighted by atomic mass is 10.2. The molecule has 1 heterocycles. The van der Waals surface area contributed by atoms with Gasteiger partial charge < -0.3 is 5.32 Å². The van der Waals surface area contributed by atoms with Crippen LogP contribution in [0.4, 0.5) is 5.69 Å². The standard InChI is InChI=1S/C14H13N3O2S/c1-20(18,19)13-4-2-11(3-5-13)9-17-14-10-16-7-6-12(14)8-15/h2-7,10,17H,9H2,1H3. The van der Waals surface area contributed by atoms with Gasteiger partial charge in [0.05, 0.1) is 22.3 Å². The van der Waals surface area contributed by atoms with E-state index < -0.39 is 9.84 Å². The molecule has 0 spiro atoms. The first-order valence-electron chi connectivity index (χ1n) is 5.87. The Morgan fingerprint density at radius 3 is 2.55 bits per heavy atom. The van der Waals surface area contributed by atoms with Gasteiger partial charge in [0.25, 0.3) is 0 Å². The number of hydrogen-bond acceptors (Lipinski definition) is 5. The Kier molecular flexibility index (Phi) is 4.01. The minimum atomic E-state index is -3.17. The molecule has 0 bridgehead atoms. The average Bonchev–Trinajstić information content (AvgIpc) is 2.45. The van der Waals surface area contributed by atoms with Crippen LogP contribution in [0.2, 0.25) is 0 Å². The molecule has 2 aromatic rings. The van der Waals surface area contributed by atoms with Gasteiger partial charge in [-0.05, 0) is 23.8 Å². The first kappa shape index (κ1) is 14.0. The first-order valence-corrected chi connectivity index (χ1v) is 7.77. The highest BCUT2D eigenvalue weighted by Gasteiger charge is 2.06. The smallest absolute Gasteiger partial charge is 0.175 e. The third-order valence-electron chi connectivity index (χ3n) is 2.78. The number of rotatable bonds is 4. The second-order valence-corrected chi connectivity index (χ2v) is 6.32. The quantitative estimate of drug-likeness (QED) is 0.929. The summed E-state index contributed by atoms with van der Waals surface area (Å²) >= 11 is 0. The maximum atomic E-state index is 11.3. The molecule has 0 aliphatic rings. The van der Waals surface area contributed by atoms with Crippen LogP contribution in [0.15, 0.2) is 47.6 Å². The van der Waals surface area contributed by atoms with Crippen LogP contribution in [-0.2, 0) is 16.4 Å². The van der Waals surface area contributed by atoms with Crippen molar-refractivity contribution >= 4 is 15.5 Å². The molecule has 0 aliphatic carbocycles. The van der Waals surface area contributed by atoms with Crippen LogP contribution in [0.25, 0.3) is 0 Å². The van der Waals surface area contributed by atoms with E-state index in [4.69, 9.17) is 5.26 Å². The number of benzene rings is 1. The number of nitriles is 1. The second kappa shape index (κ2) is 5.72. The fourth-order valence-electron chi connectivity index (χ4n) is 1.68. The highest BCUT2D eigenvalue weighted by atomic mass is 32.2. The summed E-state index contributed by atoms with van der Waals surface area (Å²) in [4.78, 5) is 4.25. The summed E-state index contributed by atoms with van der Waals surface area (Å²) in [5.41, 5.74) is 2.10. The number of sulfone groups is 1. The number of pyridine rings is 1. The highest BCUT2D eigenvalue weighted by molar-refractivity contribution is 7.90. The van der Waals surface area contributed by atoms with Gasteiger partial charge in [-0.25, -0.2) is 8.42 Å². The van der Waals surface area contributed by atoms with Crippen molar-refractivity contribution in [3.8, 4) is 6.07 Å². The van der Waals surface area contributed by atoms with Gasteiger partial charge in [-0.1, -0.05) is 12.1 Å². The molecule has 0 amide bonds. The van der Waals surface area contributed by atoms with Gasteiger partial charge in [-0.2, -0.15) is 5.26 Å². The van der Waals surface area contributed by atoms with Crippen molar-refractivity contribution in [2.45, 2.75) is 11.4 Å². The van der Waals surface area contributed by atoms with Gasteiger partial charge in [-0.3, -0.25) is 4.98 Å². The zero-order valence-electron chi connectivity index (χ0n) is 10.9. The Balaban J connectivity index is 2.10. The van der Waals surface area contributed by atoms with E-state index in [0.29, 0.717) is 22.7 Å². The van der Waals surface area contributed by atoms with Gasteiger partial charge in [0.2, 0.25) is 0 Å². The van der Waals surface area contributed by atoms with E-state index in [2.05, 4.69) is 16.4 Å². The minimum absolute atomic E-state index is 0.292. The summed E-state index contributed by atoms with van der Waals surface area (Å²) in [6.07, 6.45) is 4.32. The van der Waals surface area contributed by atoms with Crippen LogP contribution in [0.5, 0.6) is 0 Å². The van der Waals surface area contributed by atoms with Gasteiger partial charge in [0.15, 0.2) is 9.84 Å². The van der Waals surface area contributed by atoms with E-state index in [9.17, 15) is 8.42 Å². The molecule has 0 fully saturated rings. The van der Waals surface area contributed by atoms with Crippen molar-refractivity contribution in [1.29, 1.82) is 5.26 Å². The predicted molar refractivity (Wildman–Crippen MR) is 75.8 cm³/mol. The molecule has 0 aliphatic heterocycles. The molecular formula is C14H13N3O2S. The maximum absolute atomic E-state index is 11.3. The minimum Gasteiger partial charge on any atom is -0.379 e. The third-order valence-corrected chi connectivity index (χ3v) is 3.90. The molecule has 102 valence electrons. The molecule has 1 N–H and O–H groups in total. The summed E-state index contributed by atoms with van der Waals surface area (Å²) in [6, 6.07) is 10.3. The molecular weight excluding hydrogens is 274 g/mol. The number of aromatic nitrogens is 1. The van der Waals surface area contributed by atoms with Crippen LogP contribution < -0.4 is 5.32 Å². The Morgan fingerprint density at radius 2 is 1.95 bits per heavy atom. The molecule has 0 radical (unpaired) electrons. The molecule has 1 aromatic carbocycles. The molecule has 1 aromatic heterocycles. The molecule has 2 rings (SSSR count). The van der Waals surface area contributed by atoms with Crippen molar-refractivity contribution in [2.75, 3.05) is 11.6 Å². The fraction of sp³-hybridized carbons (Fsp3) is 0.143. The normalized spacial score (nSPS) is 10.8. The maximum Gasteiger partial charge on any atom is 0.175 e. The van der Waals surface area contributed by atoms with Crippen molar-refractivity contribution < 1.29 is 8.42 Å². The number of hydrogen-bond donors (Lipinski definition) is 1. The molecule has 6 heteroatoms. The topological polar surface area (TPSA) is 82.8 Å².